The molecule has 0 unspecified atom stereocenters. The summed E-state index contributed by atoms with van der Waals surface area (Å²) in [4.78, 5) is 0. The molecule has 0 atom stereocenters. The first kappa shape index (κ1) is 9.04. The minimum atomic E-state index is 0. The summed E-state index contributed by atoms with van der Waals surface area (Å²) in [5.74, 6) is 0. The minimum absolute atomic E-state index is 0. The van der Waals surface area contributed by atoms with Crippen molar-refractivity contribution in [2.75, 3.05) is 4.43 Å². The SMILES string of the molecule is CCI.[Pd]. The van der Waals surface area contributed by atoms with Crippen molar-refractivity contribution in [1.82, 2.24) is 0 Å². The molecule has 0 amide bonds. The fourth-order valence-electron chi connectivity index (χ4n) is 0. The van der Waals surface area contributed by atoms with Crippen LogP contribution in [0.3, 0.4) is 0 Å². The second kappa shape index (κ2) is 8.83. The second-order valence-electron chi connectivity index (χ2n) is 0.267. The molecule has 0 heterocycles. The minimum Gasteiger partial charge on any atom is -0.0867 e. The first-order valence-electron chi connectivity index (χ1n) is 0.974. The Kier molecular flexibility index (Phi) is 20.0. The zero-order valence-corrected chi connectivity index (χ0v) is 6.11. The average molecular weight is 262 g/mol. The van der Waals surface area contributed by atoms with Gasteiger partial charge in [-0.3, -0.25) is 0 Å². The Morgan fingerprint density at radius 3 is 1.75 bits per heavy atom. The fourth-order valence-corrected chi connectivity index (χ4v) is 0. The van der Waals surface area contributed by atoms with Crippen LogP contribution in [-0.4, -0.2) is 4.43 Å². The quantitative estimate of drug-likeness (QED) is 0.352. The van der Waals surface area contributed by atoms with Crippen molar-refractivity contribution in [2.24, 2.45) is 0 Å². The van der Waals surface area contributed by atoms with E-state index in [0.29, 0.717) is 0 Å². The predicted octanol–water partition coefficient (Wildman–Crippen LogP) is 1.44. The smallest absolute Gasteiger partial charge is 0 e. The second-order valence-corrected chi connectivity index (χ2v) is 1.79. The van der Waals surface area contributed by atoms with Gasteiger partial charge in [0.1, 0.15) is 0 Å². The van der Waals surface area contributed by atoms with Gasteiger partial charge in [0.2, 0.25) is 0 Å². The monoisotopic (exact) mass is 262 g/mol. The molecular formula is C2H5IPd. The van der Waals surface area contributed by atoms with E-state index in [9.17, 15) is 0 Å². The van der Waals surface area contributed by atoms with Crippen molar-refractivity contribution in [3.8, 4) is 0 Å². The molecule has 0 saturated heterocycles. The number of hydrogen-bond donors (Lipinski definition) is 0. The van der Waals surface area contributed by atoms with Crippen LogP contribution in [0.4, 0.5) is 0 Å². The molecule has 0 aromatic heterocycles. The molecule has 0 aliphatic heterocycles. The first-order valence-corrected chi connectivity index (χ1v) is 2.50. The molecule has 0 aromatic rings. The summed E-state index contributed by atoms with van der Waals surface area (Å²) >= 11 is 2.29. The van der Waals surface area contributed by atoms with E-state index in [1.54, 1.807) is 0 Å². The number of rotatable bonds is 0. The predicted molar refractivity (Wildman–Crippen MR) is 24.6 cm³/mol. The molecule has 0 aliphatic rings. The summed E-state index contributed by atoms with van der Waals surface area (Å²) < 4.78 is 1.22. The standard InChI is InChI=1S/C2H5I.Pd/c1-2-3;/h2H2,1H3;. The van der Waals surface area contributed by atoms with Crippen LogP contribution in [0.15, 0.2) is 0 Å². The molecular weight excluding hydrogens is 257 g/mol. The Labute approximate surface area is 54.1 Å². The molecule has 0 radical (unpaired) electrons. The van der Waals surface area contributed by atoms with Gasteiger partial charge in [0.05, 0.1) is 0 Å². The Hall–Kier alpha value is 1.39. The Bertz CT molecular complexity index is 6.00. The third kappa shape index (κ3) is 10.0. The molecule has 2 heteroatoms. The number of alkyl halides is 1. The summed E-state index contributed by atoms with van der Waals surface area (Å²) in [5, 5.41) is 0. The van der Waals surface area contributed by atoms with Crippen molar-refractivity contribution in [2.45, 2.75) is 6.92 Å². The van der Waals surface area contributed by atoms with Crippen molar-refractivity contribution < 1.29 is 20.4 Å². The maximum atomic E-state index is 2.29. The van der Waals surface area contributed by atoms with Crippen LogP contribution >= 0.6 is 22.6 Å². The van der Waals surface area contributed by atoms with Crippen LogP contribution in [0.25, 0.3) is 0 Å². The maximum absolute atomic E-state index is 2.29. The first-order chi connectivity index (χ1) is 1.41. The fraction of sp³-hybridized carbons (Fsp3) is 1.00. The average Bonchev–Trinajstić information content (AvgIpc) is 0.918. The van der Waals surface area contributed by atoms with Gasteiger partial charge in [-0.1, -0.05) is 29.5 Å². The Morgan fingerprint density at radius 1 is 1.75 bits per heavy atom. The molecule has 30 valence electrons. The van der Waals surface area contributed by atoms with E-state index in [1.807, 2.05) is 0 Å². The third-order valence-electron chi connectivity index (χ3n) is 0. The summed E-state index contributed by atoms with van der Waals surface area (Å²) in [5.41, 5.74) is 0. The van der Waals surface area contributed by atoms with Crippen LogP contribution in [-0.2, 0) is 20.4 Å². The summed E-state index contributed by atoms with van der Waals surface area (Å²) in [6, 6.07) is 0. The van der Waals surface area contributed by atoms with E-state index in [4.69, 9.17) is 0 Å². The van der Waals surface area contributed by atoms with Gasteiger partial charge < -0.3 is 0 Å². The zero-order chi connectivity index (χ0) is 2.71. The topological polar surface area (TPSA) is 0 Å². The maximum Gasteiger partial charge on any atom is 0 e. The number of halogens is 1. The largest absolute Gasteiger partial charge is 0.0867 e. The Balaban J connectivity index is 0. The van der Waals surface area contributed by atoms with E-state index in [-0.39, 0.29) is 20.4 Å². The summed E-state index contributed by atoms with van der Waals surface area (Å²) in [7, 11) is 0. The zero-order valence-electron chi connectivity index (χ0n) is 2.40. The van der Waals surface area contributed by atoms with Gasteiger partial charge in [-0.05, 0) is 4.43 Å². The van der Waals surface area contributed by atoms with Gasteiger partial charge >= 0.3 is 0 Å². The molecule has 0 nitrogen and oxygen atoms in total. The van der Waals surface area contributed by atoms with Crippen molar-refractivity contribution in [3.63, 3.8) is 0 Å². The van der Waals surface area contributed by atoms with Crippen molar-refractivity contribution in [1.29, 1.82) is 0 Å². The van der Waals surface area contributed by atoms with Gasteiger partial charge in [0.15, 0.2) is 0 Å². The molecule has 4 heavy (non-hydrogen) atoms. The molecule has 0 bridgehead atoms. The molecule has 0 aliphatic carbocycles. The van der Waals surface area contributed by atoms with E-state index in [0.717, 1.165) is 0 Å². The van der Waals surface area contributed by atoms with E-state index in [2.05, 4.69) is 29.5 Å². The van der Waals surface area contributed by atoms with Gasteiger partial charge in [-0.25, -0.2) is 0 Å². The van der Waals surface area contributed by atoms with Crippen molar-refractivity contribution >= 4 is 22.6 Å². The van der Waals surface area contributed by atoms with Crippen LogP contribution in [0, 0.1) is 0 Å². The van der Waals surface area contributed by atoms with E-state index < -0.39 is 0 Å². The van der Waals surface area contributed by atoms with Crippen LogP contribution in [0.1, 0.15) is 6.92 Å². The molecule has 0 spiro atoms. The van der Waals surface area contributed by atoms with E-state index >= 15 is 0 Å². The van der Waals surface area contributed by atoms with Crippen LogP contribution < -0.4 is 0 Å². The van der Waals surface area contributed by atoms with Gasteiger partial charge in [-0.2, -0.15) is 0 Å². The third-order valence-corrected chi connectivity index (χ3v) is 0. The molecule has 0 saturated carbocycles. The van der Waals surface area contributed by atoms with Crippen LogP contribution in [0.5, 0.6) is 0 Å². The summed E-state index contributed by atoms with van der Waals surface area (Å²) in [6.07, 6.45) is 0. The van der Waals surface area contributed by atoms with Gasteiger partial charge in [0.25, 0.3) is 0 Å². The molecule has 0 rings (SSSR count). The van der Waals surface area contributed by atoms with Crippen molar-refractivity contribution in [3.05, 3.63) is 0 Å². The normalized spacial score (nSPS) is 4.50. The molecule has 0 aromatic carbocycles. The van der Waals surface area contributed by atoms with Gasteiger partial charge in [0, 0.05) is 20.4 Å². The number of hydrogen-bond acceptors (Lipinski definition) is 0. The van der Waals surface area contributed by atoms with Crippen LogP contribution in [0.2, 0.25) is 0 Å². The van der Waals surface area contributed by atoms with Gasteiger partial charge in [-0.15, -0.1) is 0 Å². The Morgan fingerprint density at radius 2 is 1.75 bits per heavy atom. The molecule has 0 fully saturated rings. The van der Waals surface area contributed by atoms with E-state index in [1.165, 1.54) is 4.43 Å². The molecule has 0 N–H and O–H groups in total. The summed E-state index contributed by atoms with van der Waals surface area (Å²) in [6.45, 7) is 2.11.